The van der Waals surface area contributed by atoms with Crippen molar-refractivity contribution in [1.29, 1.82) is 0 Å². The van der Waals surface area contributed by atoms with Gasteiger partial charge in [0.1, 0.15) is 31.3 Å². The fourth-order valence-electron chi connectivity index (χ4n) is 3.46. The second kappa shape index (κ2) is 12.3. The van der Waals surface area contributed by atoms with Gasteiger partial charge in [-0.1, -0.05) is 12.1 Å². The largest absolute Gasteiger partial charge is 0.486 e. The Morgan fingerprint density at radius 2 is 1.79 bits per heavy atom. The summed E-state index contributed by atoms with van der Waals surface area (Å²) < 4.78 is 62.3. The van der Waals surface area contributed by atoms with Crippen LogP contribution < -0.4 is 23.9 Å². The summed E-state index contributed by atoms with van der Waals surface area (Å²) in [7, 11) is -3.04. The Bertz CT molecular complexity index is 1480. The van der Waals surface area contributed by atoms with E-state index in [1.807, 2.05) is 0 Å². The summed E-state index contributed by atoms with van der Waals surface area (Å²) in [6, 6.07) is 15.3. The number of ether oxygens (including phenoxy) is 4. The predicted molar refractivity (Wildman–Crippen MR) is 138 cm³/mol. The van der Waals surface area contributed by atoms with Crippen molar-refractivity contribution in [3.63, 3.8) is 0 Å². The zero-order valence-electron chi connectivity index (χ0n) is 20.7. The SMILES string of the molecule is COC(=O)COc1cccc(/C=N\NC(=O)CN(c2ccc(F)cc2)S(=O)(=O)c2ccc3c(c2)OCCO3)c1. The molecular weight excluding hydrogens is 533 g/mol. The van der Waals surface area contributed by atoms with Gasteiger partial charge in [-0.2, -0.15) is 5.10 Å². The number of fused-ring (bicyclic) bond motifs is 1. The van der Waals surface area contributed by atoms with Crippen LogP contribution in [0.2, 0.25) is 0 Å². The summed E-state index contributed by atoms with van der Waals surface area (Å²) in [6.45, 7) is -0.321. The Balaban J connectivity index is 1.50. The van der Waals surface area contributed by atoms with Crippen molar-refractivity contribution >= 4 is 33.8 Å². The van der Waals surface area contributed by atoms with Crippen LogP contribution in [0.1, 0.15) is 5.56 Å². The van der Waals surface area contributed by atoms with Gasteiger partial charge in [-0.3, -0.25) is 9.10 Å². The molecule has 39 heavy (non-hydrogen) atoms. The van der Waals surface area contributed by atoms with E-state index < -0.39 is 34.3 Å². The minimum Gasteiger partial charge on any atom is -0.486 e. The van der Waals surface area contributed by atoms with Gasteiger partial charge in [0.2, 0.25) is 0 Å². The fourth-order valence-corrected chi connectivity index (χ4v) is 4.90. The van der Waals surface area contributed by atoms with E-state index in [4.69, 9.17) is 14.2 Å². The Kier molecular flexibility index (Phi) is 8.61. The van der Waals surface area contributed by atoms with E-state index in [2.05, 4.69) is 15.3 Å². The first-order valence-electron chi connectivity index (χ1n) is 11.6. The number of hydrazone groups is 1. The molecule has 1 aliphatic heterocycles. The molecule has 0 saturated carbocycles. The molecule has 0 aromatic heterocycles. The number of carbonyl (C=O) groups is 2. The number of nitrogens with one attached hydrogen (secondary N) is 1. The number of anilines is 1. The highest BCUT2D eigenvalue weighted by Gasteiger charge is 2.29. The van der Waals surface area contributed by atoms with Gasteiger partial charge in [-0.25, -0.2) is 23.0 Å². The van der Waals surface area contributed by atoms with Crippen molar-refractivity contribution in [2.75, 3.05) is 37.8 Å². The number of methoxy groups -OCH3 is 1. The van der Waals surface area contributed by atoms with Gasteiger partial charge in [0.15, 0.2) is 18.1 Å². The third-order valence-corrected chi connectivity index (χ3v) is 7.12. The molecule has 4 rings (SSSR count). The molecule has 3 aromatic carbocycles. The topological polar surface area (TPSA) is 133 Å². The Labute approximate surface area is 223 Å². The molecule has 204 valence electrons. The summed E-state index contributed by atoms with van der Waals surface area (Å²) in [5, 5.41) is 3.88. The van der Waals surface area contributed by atoms with Crippen molar-refractivity contribution < 1.29 is 41.3 Å². The minimum absolute atomic E-state index is 0.0703. The average molecular weight is 558 g/mol. The number of esters is 1. The molecule has 0 unspecified atom stereocenters. The van der Waals surface area contributed by atoms with Crippen LogP contribution in [-0.2, 0) is 24.3 Å². The molecule has 1 amide bonds. The minimum atomic E-state index is -4.29. The average Bonchev–Trinajstić information content (AvgIpc) is 2.95. The van der Waals surface area contributed by atoms with Crippen molar-refractivity contribution in [2.45, 2.75) is 4.90 Å². The summed E-state index contributed by atoms with van der Waals surface area (Å²) >= 11 is 0. The zero-order chi connectivity index (χ0) is 27.8. The molecule has 1 N–H and O–H groups in total. The van der Waals surface area contributed by atoms with Crippen molar-refractivity contribution in [3.05, 3.63) is 78.1 Å². The molecule has 1 heterocycles. The molecule has 0 fully saturated rings. The van der Waals surface area contributed by atoms with Crippen LogP contribution in [0, 0.1) is 5.82 Å². The highest BCUT2D eigenvalue weighted by atomic mass is 32.2. The lowest BCUT2D eigenvalue weighted by Gasteiger charge is -2.25. The van der Waals surface area contributed by atoms with Gasteiger partial charge in [-0.05, 0) is 54.1 Å². The molecule has 0 spiro atoms. The van der Waals surface area contributed by atoms with E-state index in [1.54, 1.807) is 24.3 Å². The standard InChI is InChI=1S/C26H24FN3O8S/c1-35-26(32)17-38-21-4-2-3-18(13-21)15-28-29-25(31)16-30(20-7-5-19(27)6-8-20)39(33,34)22-9-10-23-24(14-22)37-12-11-36-23/h2-10,13-15H,11-12,16-17H2,1H3,(H,29,31)/b28-15-. The number of hydrogen-bond donors (Lipinski definition) is 1. The highest BCUT2D eigenvalue weighted by molar-refractivity contribution is 7.92. The predicted octanol–water partition coefficient (Wildman–Crippen LogP) is 2.49. The van der Waals surface area contributed by atoms with Gasteiger partial charge in [-0.15, -0.1) is 0 Å². The quantitative estimate of drug-likeness (QED) is 0.228. The first kappa shape index (κ1) is 27.4. The Morgan fingerprint density at radius 3 is 2.54 bits per heavy atom. The van der Waals surface area contributed by atoms with Crippen LogP contribution in [0.3, 0.4) is 0 Å². The molecule has 0 atom stereocenters. The molecule has 11 nitrogen and oxygen atoms in total. The molecule has 0 saturated heterocycles. The van der Waals surface area contributed by atoms with Crippen LogP contribution >= 0.6 is 0 Å². The van der Waals surface area contributed by atoms with E-state index in [0.29, 0.717) is 23.7 Å². The number of halogens is 1. The molecule has 0 bridgehead atoms. The molecule has 0 radical (unpaired) electrons. The van der Waals surface area contributed by atoms with E-state index in [9.17, 15) is 22.4 Å². The van der Waals surface area contributed by atoms with Crippen LogP contribution in [0.25, 0.3) is 0 Å². The molecule has 0 aliphatic carbocycles. The van der Waals surface area contributed by atoms with Gasteiger partial charge in [0.25, 0.3) is 15.9 Å². The summed E-state index contributed by atoms with van der Waals surface area (Å²) in [4.78, 5) is 23.9. The van der Waals surface area contributed by atoms with E-state index in [1.165, 1.54) is 43.7 Å². The monoisotopic (exact) mass is 557 g/mol. The number of carbonyl (C=O) groups excluding carboxylic acids is 2. The highest BCUT2D eigenvalue weighted by Crippen LogP contribution is 2.34. The maximum Gasteiger partial charge on any atom is 0.343 e. The lowest BCUT2D eigenvalue weighted by atomic mass is 10.2. The Morgan fingerprint density at radius 1 is 1.05 bits per heavy atom. The van der Waals surface area contributed by atoms with Gasteiger partial charge in [0.05, 0.1) is 23.9 Å². The summed E-state index contributed by atoms with van der Waals surface area (Å²) in [5.74, 6) is -0.826. The number of nitrogens with zero attached hydrogens (tertiary/aromatic N) is 2. The van der Waals surface area contributed by atoms with Crippen molar-refractivity contribution in [1.82, 2.24) is 5.43 Å². The first-order chi connectivity index (χ1) is 18.8. The first-order valence-corrected chi connectivity index (χ1v) is 13.0. The number of rotatable bonds is 10. The summed E-state index contributed by atoms with van der Waals surface area (Å²) in [5.41, 5.74) is 2.89. The number of sulfonamides is 1. The molecule has 1 aliphatic rings. The van der Waals surface area contributed by atoms with E-state index in [0.717, 1.165) is 16.4 Å². The summed E-state index contributed by atoms with van der Waals surface area (Å²) in [6.07, 6.45) is 1.32. The number of hydrogen-bond acceptors (Lipinski definition) is 9. The van der Waals surface area contributed by atoms with Crippen LogP contribution in [0.4, 0.5) is 10.1 Å². The lowest BCUT2D eigenvalue weighted by molar-refractivity contribution is -0.142. The number of amides is 1. The van der Waals surface area contributed by atoms with E-state index in [-0.39, 0.29) is 29.5 Å². The van der Waals surface area contributed by atoms with Crippen LogP contribution in [0.5, 0.6) is 17.2 Å². The van der Waals surface area contributed by atoms with Crippen molar-refractivity contribution in [2.24, 2.45) is 5.10 Å². The maximum absolute atomic E-state index is 13.6. The smallest absolute Gasteiger partial charge is 0.343 e. The normalized spacial score (nSPS) is 12.6. The third-order valence-electron chi connectivity index (χ3n) is 5.35. The molecular formula is C26H24FN3O8S. The molecule has 13 heteroatoms. The van der Waals surface area contributed by atoms with Gasteiger partial charge >= 0.3 is 5.97 Å². The Hall–Kier alpha value is -4.65. The van der Waals surface area contributed by atoms with Gasteiger partial charge < -0.3 is 18.9 Å². The second-order valence-corrected chi connectivity index (χ2v) is 9.89. The maximum atomic E-state index is 13.6. The van der Waals surface area contributed by atoms with Crippen LogP contribution in [0.15, 0.2) is 76.7 Å². The zero-order valence-corrected chi connectivity index (χ0v) is 21.5. The fraction of sp³-hybridized carbons (Fsp3) is 0.192. The van der Waals surface area contributed by atoms with E-state index >= 15 is 0 Å². The third kappa shape index (κ3) is 7.02. The second-order valence-electron chi connectivity index (χ2n) is 8.02. The van der Waals surface area contributed by atoms with Crippen LogP contribution in [-0.4, -0.2) is 60.0 Å². The number of benzene rings is 3. The lowest BCUT2D eigenvalue weighted by Crippen LogP contribution is -2.39. The molecule has 3 aromatic rings. The van der Waals surface area contributed by atoms with Gasteiger partial charge in [0, 0.05) is 6.07 Å². The van der Waals surface area contributed by atoms with Crippen molar-refractivity contribution in [3.8, 4) is 17.2 Å².